The van der Waals surface area contributed by atoms with Crippen LogP contribution >= 0.6 is 11.6 Å². The first-order chi connectivity index (χ1) is 5.54. The van der Waals surface area contributed by atoms with E-state index in [9.17, 15) is 4.79 Å². The van der Waals surface area contributed by atoms with Gasteiger partial charge in [-0.05, 0) is 5.92 Å². The Morgan fingerprint density at radius 2 is 2.33 bits per heavy atom. The second-order valence-electron chi connectivity index (χ2n) is 3.10. The second-order valence-corrected chi connectivity index (χ2v) is 3.81. The van der Waals surface area contributed by atoms with Gasteiger partial charge in [0.2, 0.25) is 5.91 Å². The smallest absolute Gasteiger partial charge is 0.219 e. The molecule has 1 amide bonds. The normalized spacial score (nSPS) is 33.7. The molecule has 2 N–H and O–H groups in total. The molecule has 0 bridgehead atoms. The van der Waals surface area contributed by atoms with Gasteiger partial charge in [0.15, 0.2) is 0 Å². The van der Waals surface area contributed by atoms with E-state index in [-0.39, 0.29) is 18.2 Å². The van der Waals surface area contributed by atoms with E-state index in [0.717, 1.165) is 0 Å². The Balaban J connectivity index is 2.76. The third-order valence-electron chi connectivity index (χ3n) is 2.09. The van der Waals surface area contributed by atoms with Crippen molar-refractivity contribution in [3.05, 3.63) is 24.3 Å². The van der Waals surface area contributed by atoms with Crippen molar-refractivity contribution in [2.45, 2.75) is 18.2 Å². The van der Waals surface area contributed by atoms with Gasteiger partial charge in [0.25, 0.3) is 0 Å². The number of hydrogen-bond donors (Lipinski definition) is 1. The maximum Gasteiger partial charge on any atom is 0.219 e. The van der Waals surface area contributed by atoms with E-state index in [1.807, 2.05) is 31.2 Å². The molecule has 0 aromatic carbocycles. The molecular weight excluding hydrogens is 174 g/mol. The predicted molar refractivity (Wildman–Crippen MR) is 49.8 cm³/mol. The summed E-state index contributed by atoms with van der Waals surface area (Å²) in [4.78, 5) is 10.1. The van der Waals surface area contributed by atoms with Gasteiger partial charge in [0, 0.05) is 6.42 Å². The molecule has 12 heavy (non-hydrogen) atoms. The highest BCUT2D eigenvalue weighted by molar-refractivity contribution is 6.26. The highest BCUT2D eigenvalue weighted by Gasteiger charge is 2.32. The summed E-state index contributed by atoms with van der Waals surface area (Å²) in [7, 11) is 0. The van der Waals surface area contributed by atoms with Gasteiger partial charge in [-0.1, -0.05) is 31.2 Å². The first-order valence-electron chi connectivity index (χ1n) is 3.88. The van der Waals surface area contributed by atoms with E-state index in [4.69, 9.17) is 17.3 Å². The van der Waals surface area contributed by atoms with Gasteiger partial charge >= 0.3 is 0 Å². The number of carbonyl (C=O) groups excluding carboxylic acids is 1. The Labute approximate surface area is 77.1 Å². The highest BCUT2D eigenvalue weighted by atomic mass is 35.5. The average molecular weight is 186 g/mol. The largest absolute Gasteiger partial charge is 0.370 e. The molecule has 0 heterocycles. The molecule has 0 radical (unpaired) electrons. The molecule has 0 aromatic heterocycles. The minimum Gasteiger partial charge on any atom is -0.370 e. The van der Waals surface area contributed by atoms with Crippen LogP contribution in [0.25, 0.3) is 0 Å². The van der Waals surface area contributed by atoms with Crippen LogP contribution in [0.5, 0.6) is 0 Å². The lowest BCUT2D eigenvalue weighted by Crippen LogP contribution is -2.33. The summed E-state index contributed by atoms with van der Waals surface area (Å²) in [5, 5.41) is 0. The molecule has 1 rings (SSSR count). The Kier molecular flexibility index (Phi) is 2.58. The first-order valence-corrected chi connectivity index (χ1v) is 4.25. The molecule has 0 aliphatic heterocycles. The lowest BCUT2D eigenvalue weighted by Gasteiger charge is -2.28. The lowest BCUT2D eigenvalue weighted by atomic mass is 9.86. The Morgan fingerprint density at radius 3 is 2.83 bits per heavy atom. The van der Waals surface area contributed by atoms with Gasteiger partial charge in [0.1, 0.15) is 0 Å². The molecule has 0 aromatic rings. The Bertz CT molecular complexity index is 247. The summed E-state index contributed by atoms with van der Waals surface area (Å²) in [6.45, 7) is 1.97. The molecule has 0 fully saturated rings. The fourth-order valence-electron chi connectivity index (χ4n) is 1.25. The van der Waals surface area contributed by atoms with Crippen molar-refractivity contribution in [3.8, 4) is 0 Å². The van der Waals surface area contributed by atoms with Crippen molar-refractivity contribution in [1.82, 2.24) is 0 Å². The van der Waals surface area contributed by atoms with Crippen molar-refractivity contribution >= 4 is 17.5 Å². The van der Waals surface area contributed by atoms with Crippen molar-refractivity contribution < 1.29 is 4.79 Å². The third-order valence-corrected chi connectivity index (χ3v) is 2.69. The molecule has 1 aliphatic rings. The highest BCUT2D eigenvalue weighted by Crippen LogP contribution is 2.33. The molecule has 2 atom stereocenters. The van der Waals surface area contributed by atoms with Crippen molar-refractivity contribution in [1.29, 1.82) is 0 Å². The minimum atomic E-state index is -0.611. The van der Waals surface area contributed by atoms with Gasteiger partial charge in [-0.3, -0.25) is 4.79 Å². The minimum absolute atomic E-state index is 0.150. The van der Waals surface area contributed by atoms with Crippen LogP contribution in [0.2, 0.25) is 0 Å². The van der Waals surface area contributed by atoms with E-state index >= 15 is 0 Å². The molecule has 1 aliphatic carbocycles. The Morgan fingerprint density at radius 1 is 1.67 bits per heavy atom. The summed E-state index contributed by atoms with van der Waals surface area (Å²) in [6, 6.07) is 0. The van der Waals surface area contributed by atoms with E-state index in [2.05, 4.69) is 0 Å². The quantitative estimate of drug-likeness (QED) is 0.653. The van der Waals surface area contributed by atoms with E-state index in [1.165, 1.54) is 0 Å². The Hall–Kier alpha value is -0.760. The van der Waals surface area contributed by atoms with Crippen molar-refractivity contribution in [2.24, 2.45) is 11.7 Å². The standard InChI is InChI=1S/C9H12ClNO/c1-7-4-2-3-5-9(7,10)6-8(11)12/h2-5,7H,6H2,1H3,(H2,11,12). The molecule has 2 unspecified atom stereocenters. The van der Waals surface area contributed by atoms with Crippen LogP contribution in [0.3, 0.4) is 0 Å². The van der Waals surface area contributed by atoms with Crippen LogP contribution in [-0.2, 0) is 4.79 Å². The molecule has 0 saturated heterocycles. The zero-order valence-electron chi connectivity index (χ0n) is 6.96. The summed E-state index contributed by atoms with van der Waals surface area (Å²) < 4.78 is 0. The number of hydrogen-bond acceptors (Lipinski definition) is 1. The summed E-state index contributed by atoms with van der Waals surface area (Å²) in [5.74, 6) is -0.214. The number of primary amides is 1. The first kappa shape index (κ1) is 9.33. The van der Waals surface area contributed by atoms with Crippen LogP contribution in [0.15, 0.2) is 24.3 Å². The zero-order valence-corrected chi connectivity index (χ0v) is 7.71. The molecule has 0 saturated carbocycles. The maximum absolute atomic E-state index is 10.7. The fraction of sp³-hybridized carbons (Fsp3) is 0.444. The average Bonchev–Trinajstić information content (AvgIpc) is 1.94. The topological polar surface area (TPSA) is 43.1 Å². The maximum atomic E-state index is 10.7. The van der Waals surface area contributed by atoms with Gasteiger partial charge < -0.3 is 5.73 Å². The van der Waals surface area contributed by atoms with Gasteiger partial charge in [0.05, 0.1) is 4.87 Å². The van der Waals surface area contributed by atoms with Crippen LogP contribution in [0.4, 0.5) is 0 Å². The van der Waals surface area contributed by atoms with Gasteiger partial charge in [-0.25, -0.2) is 0 Å². The summed E-state index contributed by atoms with van der Waals surface area (Å²) in [5.41, 5.74) is 5.09. The van der Waals surface area contributed by atoms with E-state index in [1.54, 1.807) is 0 Å². The number of halogens is 1. The number of carbonyl (C=O) groups is 1. The zero-order chi connectivity index (χ0) is 9.19. The van der Waals surface area contributed by atoms with Crippen molar-refractivity contribution in [3.63, 3.8) is 0 Å². The number of nitrogens with two attached hydrogens (primary N) is 1. The summed E-state index contributed by atoms with van der Waals surface area (Å²) in [6.07, 6.45) is 7.75. The number of alkyl halides is 1. The molecule has 2 nitrogen and oxygen atoms in total. The molecule has 66 valence electrons. The van der Waals surface area contributed by atoms with Gasteiger partial charge in [-0.2, -0.15) is 0 Å². The third kappa shape index (κ3) is 1.89. The SMILES string of the molecule is CC1C=CC=CC1(Cl)CC(N)=O. The molecule has 0 spiro atoms. The van der Waals surface area contributed by atoms with Gasteiger partial charge in [-0.15, -0.1) is 11.6 Å². The molecule has 3 heteroatoms. The van der Waals surface area contributed by atoms with Crippen LogP contribution in [-0.4, -0.2) is 10.8 Å². The van der Waals surface area contributed by atoms with E-state index in [0.29, 0.717) is 0 Å². The van der Waals surface area contributed by atoms with Crippen molar-refractivity contribution in [2.75, 3.05) is 0 Å². The molecular formula is C9H12ClNO. The number of amides is 1. The number of rotatable bonds is 2. The number of allylic oxidation sites excluding steroid dienone is 4. The summed E-state index contributed by atoms with van der Waals surface area (Å²) >= 11 is 6.18. The fourth-order valence-corrected chi connectivity index (χ4v) is 1.52. The predicted octanol–water partition coefficient (Wildman–Crippen LogP) is 1.60. The second kappa shape index (κ2) is 3.31. The van der Waals surface area contributed by atoms with E-state index < -0.39 is 4.87 Å². The van der Waals surface area contributed by atoms with Crippen LogP contribution < -0.4 is 5.73 Å². The van der Waals surface area contributed by atoms with Crippen LogP contribution in [0, 0.1) is 5.92 Å². The van der Waals surface area contributed by atoms with Crippen LogP contribution in [0.1, 0.15) is 13.3 Å². The monoisotopic (exact) mass is 185 g/mol. The lowest BCUT2D eigenvalue weighted by molar-refractivity contribution is -0.118.